The molecule has 17 nitrogen and oxygen atoms in total. The largest absolute Gasteiger partial charge is 0.495 e. The Morgan fingerprint density at radius 1 is 1.06 bits per heavy atom. The van der Waals surface area contributed by atoms with Crippen molar-refractivity contribution in [2.75, 3.05) is 45.5 Å². The van der Waals surface area contributed by atoms with Crippen LogP contribution in [0.25, 0.3) is 0 Å². The van der Waals surface area contributed by atoms with Crippen LogP contribution in [0.5, 0.6) is 5.75 Å². The number of methoxy groups -OCH3 is 2. The molecular weight excluding hydrogens is 908 g/mol. The molecule has 1 saturated carbocycles. The maximum absolute atomic E-state index is 14.2. The number of likely N-dealkylation sites (N-methyl/N-ethyl adjacent to an activating group) is 1. The lowest BCUT2D eigenvalue weighted by Crippen LogP contribution is -2.64. The van der Waals surface area contributed by atoms with E-state index < -0.39 is 83.6 Å². The first-order chi connectivity index (χ1) is 31.6. The van der Waals surface area contributed by atoms with Crippen molar-refractivity contribution in [2.45, 2.75) is 134 Å². The molecule has 0 unspecified atom stereocenters. The summed E-state index contributed by atoms with van der Waals surface area (Å²) < 4.78 is 22.8. The van der Waals surface area contributed by atoms with E-state index >= 15 is 0 Å². The van der Waals surface area contributed by atoms with Crippen molar-refractivity contribution >= 4 is 70.5 Å². The van der Waals surface area contributed by atoms with Crippen LogP contribution in [0.3, 0.4) is 0 Å². The average Bonchev–Trinajstić information content (AvgIpc) is 3.55. The lowest BCUT2D eigenvalue weighted by molar-refractivity contribution is -0.167. The number of rotatable bonds is 12. The smallest absolute Gasteiger partial charge is 0.409 e. The number of Topliss-reactive ketones (excluding diaryl/α,β-unsaturated/α-hetero) is 1. The number of carbonyl (C=O) groups is 7. The predicted octanol–water partition coefficient (Wildman–Crippen LogP) is 5.00. The van der Waals surface area contributed by atoms with Crippen LogP contribution in [0.2, 0.25) is 5.02 Å². The first-order valence-corrected chi connectivity index (χ1v) is 24.3. The van der Waals surface area contributed by atoms with Crippen LogP contribution in [-0.2, 0) is 49.4 Å². The Morgan fingerprint density at radius 2 is 1.75 bits per heavy atom. The topological polar surface area (TPSA) is 219 Å². The number of aliphatic hydroxyl groups is 2. The molecule has 3 fully saturated rings. The van der Waals surface area contributed by atoms with Gasteiger partial charge in [-0.15, -0.1) is 11.8 Å². The molecule has 19 heteroatoms. The van der Waals surface area contributed by atoms with Crippen LogP contribution in [0, 0.1) is 23.7 Å². The highest BCUT2D eigenvalue weighted by molar-refractivity contribution is 8.00. The first kappa shape index (κ1) is 53.5. The predicted molar refractivity (Wildman–Crippen MR) is 251 cm³/mol. The molecule has 3 heterocycles. The third-order valence-corrected chi connectivity index (χ3v) is 15.5. The molecule has 4 bridgehead atoms. The van der Waals surface area contributed by atoms with Gasteiger partial charge in [-0.2, -0.15) is 0 Å². The van der Waals surface area contributed by atoms with Gasteiger partial charge < -0.3 is 39.0 Å². The number of anilines is 1. The summed E-state index contributed by atoms with van der Waals surface area (Å²) in [6.07, 6.45) is 2.25. The summed E-state index contributed by atoms with van der Waals surface area (Å²) in [5.41, 5.74) is 0.0158. The van der Waals surface area contributed by atoms with Crippen LogP contribution in [0.4, 0.5) is 10.5 Å². The summed E-state index contributed by atoms with van der Waals surface area (Å²) in [4.78, 5) is 96.4. The van der Waals surface area contributed by atoms with Crippen LogP contribution >= 0.6 is 23.4 Å². The number of esters is 1. The number of aliphatic hydroxyl groups excluding tert-OH is 1. The number of ketones is 1. The Labute approximate surface area is 402 Å². The fourth-order valence-electron chi connectivity index (χ4n) is 9.26. The zero-order chi connectivity index (χ0) is 49.5. The van der Waals surface area contributed by atoms with Crippen molar-refractivity contribution in [2.24, 2.45) is 23.7 Å². The number of carbonyl (C=O) groups excluding carboxylic acids is 7. The molecule has 9 atom stereocenters. The summed E-state index contributed by atoms with van der Waals surface area (Å²) in [6, 6.07) is 2.35. The summed E-state index contributed by atoms with van der Waals surface area (Å²) >= 11 is 7.99. The molecular formula is C48H67ClN4O13S. The minimum atomic E-state index is -1.94. The number of nitrogens with one attached hydrogen (secondary N) is 1. The monoisotopic (exact) mass is 974 g/mol. The van der Waals surface area contributed by atoms with Gasteiger partial charge in [0.25, 0.3) is 0 Å². The molecule has 0 spiro atoms. The number of imide groups is 1. The van der Waals surface area contributed by atoms with Gasteiger partial charge in [-0.25, -0.2) is 9.59 Å². The van der Waals surface area contributed by atoms with Crippen LogP contribution in [0.15, 0.2) is 35.9 Å². The third kappa shape index (κ3) is 13.0. The summed E-state index contributed by atoms with van der Waals surface area (Å²) in [7, 11) is 5.80. The van der Waals surface area contributed by atoms with E-state index in [9.17, 15) is 43.8 Å². The molecule has 3 N–H and O–H groups in total. The second kappa shape index (κ2) is 23.2. The molecule has 2 saturated heterocycles. The SMILES string of the molecule is COc1cc2cc(c1Cl)N(C)C(=O)C[C@H](OC(=O)[C@H](C)N(C)C(=O)CCS[C@@H]1CC(=O)N(C[C@H]3CC[C@H](C(C)=O)CC3)C1=O)[C@@H](C)[C@@H](O)[C@H](C)[C@@H]1C[C@@](O)(NC(=O)O1)[C@H](OC)/C=C/C=C(\C)C2. The van der Waals surface area contributed by atoms with Crippen LogP contribution < -0.4 is 15.0 Å². The van der Waals surface area contributed by atoms with E-state index in [-0.39, 0.29) is 59.5 Å². The fraction of sp³-hybridized carbons (Fsp3) is 0.646. The molecule has 1 aromatic rings. The first-order valence-electron chi connectivity index (χ1n) is 22.9. The van der Waals surface area contributed by atoms with Gasteiger partial charge in [-0.05, 0) is 76.5 Å². The number of ether oxygens (including phenoxy) is 4. The Balaban J connectivity index is 1.31. The van der Waals surface area contributed by atoms with E-state index in [1.807, 2.05) is 13.0 Å². The molecule has 67 heavy (non-hydrogen) atoms. The van der Waals surface area contributed by atoms with Crippen molar-refractivity contribution in [1.29, 1.82) is 0 Å². The highest BCUT2D eigenvalue weighted by Gasteiger charge is 2.49. The third-order valence-electron chi connectivity index (χ3n) is 13.9. The number of fused-ring (bicyclic) bond motifs is 4. The van der Waals surface area contributed by atoms with Crippen molar-refractivity contribution < 1.29 is 62.7 Å². The number of thioether (sulfide) groups is 1. The number of benzene rings is 1. The minimum Gasteiger partial charge on any atom is -0.495 e. The van der Waals surface area contributed by atoms with Gasteiger partial charge in [0.15, 0.2) is 5.72 Å². The summed E-state index contributed by atoms with van der Waals surface area (Å²) in [5, 5.41) is 25.7. The van der Waals surface area contributed by atoms with E-state index in [4.69, 9.17) is 30.5 Å². The quantitative estimate of drug-likeness (QED) is 0.186. The molecule has 3 aliphatic heterocycles. The average molecular weight is 976 g/mol. The number of hydrogen-bond donors (Lipinski definition) is 3. The Kier molecular flexibility index (Phi) is 18.5. The second-order valence-electron chi connectivity index (χ2n) is 18.6. The van der Waals surface area contributed by atoms with Crippen LogP contribution in [-0.4, -0.2) is 144 Å². The highest BCUT2D eigenvalue weighted by atomic mass is 35.5. The molecule has 1 aliphatic carbocycles. The lowest BCUT2D eigenvalue weighted by atomic mass is 9.80. The van der Waals surface area contributed by atoms with Gasteiger partial charge in [0.2, 0.25) is 23.6 Å². The minimum absolute atomic E-state index is 0.0329. The van der Waals surface area contributed by atoms with E-state index in [0.29, 0.717) is 24.4 Å². The fourth-order valence-corrected chi connectivity index (χ4v) is 10.7. The van der Waals surface area contributed by atoms with E-state index in [2.05, 4.69) is 5.32 Å². The molecule has 1 aromatic carbocycles. The molecule has 5 amide bonds. The number of allylic oxidation sites excluding steroid dienone is 3. The van der Waals surface area contributed by atoms with E-state index in [1.54, 1.807) is 45.1 Å². The number of halogens is 1. The lowest BCUT2D eigenvalue weighted by Gasteiger charge is -2.43. The number of alkyl carbamates (subject to hydrolysis) is 1. The zero-order valence-electron chi connectivity index (χ0n) is 40.0. The molecule has 5 rings (SSSR count). The standard InChI is InChI=1S/C48H67ClN4O13S/c1-26-11-10-12-39(64-9)48(62)24-37(66-47(61)50-48)28(3)44(58)27(2)35(22-41(56)52(7)34-20-32(19-26)21-36(63-8)43(34)49)65-46(60)29(4)51(6)40(55)17-18-67-38-23-42(57)53(45(38)59)25-31-13-15-33(16-14-31)30(5)54/h10-12,20-21,27-29,31,33,35,37-39,44,58,62H,13-19,22-25H2,1-9H3,(H,50,61)/b12-10+,26-11+/t27-,28-,29+,31-,33-,35+,37+,38-,39-,44-,48+/m1/s1. The number of likely N-dealkylation sites (tertiary alicyclic amines) is 1. The Bertz CT molecular complexity index is 2090. The molecule has 4 aliphatic rings. The molecule has 0 aromatic heterocycles. The number of nitrogens with zero attached hydrogens (tertiary/aromatic N) is 3. The van der Waals surface area contributed by atoms with Gasteiger partial charge in [0.05, 0.1) is 30.6 Å². The van der Waals surface area contributed by atoms with Crippen molar-refractivity contribution in [3.63, 3.8) is 0 Å². The Morgan fingerprint density at radius 3 is 2.39 bits per heavy atom. The number of amides is 5. The van der Waals surface area contributed by atoms with Gasteiger partial charge in [0.1, 0.15) is 40.9 Å². The normalized spacial score (nSPS) is 31.5. The highest BCUT2D eigenvalue weighted by Crippen LogP contribution is 2.39. The van der Waals surface area contributed by atoms with E-state index in [0.717, 1.165) is 36.8 Å². The summed E-state index contributed by atoms with van der Waals surface area (Å²) in [5.74, 6) is -3.32. The van der Waals surface area contributed by atoms with Gasteiger partial charge >= 0.3 is 12.1 Å². The zero-order valence-corrected chi connectivity index (χ0v) is 41.5. The van der Waals surface area contributed by atoms with Gasteiger partial charge in [-0.3, -0.25) is 34.2 Å². The van der Waals surface area contributed by atoms with E-state index in [1.165, 1.54) is 61.7 Å². The Hall–Kier alpha value is -4.49. The van der Waals surface area contributed by atoms with Crippen molar-refractivity contribution in [3.05, 3.63) is 46.5 Å². The number of hydrogen-bond acceptors (Lipinski definition) is 14. The van der Waals surface area contributed by atoms with Crippen molar-refractivity contribution in [3.8, 4) is 5.75 Å². The molecule has 0 radical (unpaired) electrons. The van der Waals surface area contributed by atoms with Crippen LogP contribution in [0.1, 0.15) is 91.5 Å². The maximum atomic E-state index is 14.2. The van der Waals surface area contributed by atoms with Gasteiger partial charge in [-0.1, -0.05) is 49.2 Å². The molecule has 370 valence electrons. The maximum Gasteiger partial charge on any atom is 0.409 e. The summed E-state index contributed by atoms with van der Waals surface area (Å²) in [6.45, 7) is 8.49. The van der Waals surface area contributed by atoms with Crippen molar-refractivity contribution in [1.82, 2.24) is 15.1 Å². The van der Waals surface area contributed by atoms with Gasteiger partial charge in [0, 0.05) is 70.5 Å². The second-order valence-corrected chi connectivity index (χ2v) is 20.3.